The van der Waals surface area contributed by atoms with E-state index in [0.29, 0.717) is 5.15 Å². The highest BCUT2D eigenvalue weighted by Crippen LogP contribution is 2.30. The molecule has 4 heteroatoms. The summed E-state index contributed by atoms with van der Waals surface area (Å²) in [6.07, 6.45) is 0. The summed E-state index contributed by atoms with van der Waals surface area (Å²) in [4.78, 5) is 9.09. The molecule has 0 aliphatic carbocycles. The van der Waals surface area contributed by atoms with E-state index in [1.807, 2.05) is 13.0 Å². The van der Waals surface area contributed by atoms with E-state index in [1.54, 1.807) is 11.8 Å². The van der Waals surface area contributed by atoms with Crippen LogP contribution in [-0.4, -0.2) is 9.97 Å². The van der Waals surface area contributed by atoms with Crippen LogP contribution in [0.3, 0.4) is 0 Å². The van der Waals surface area contributed by atoms with Crippen molar-refractivity contribution in [3.63, 3.8) is 0 Å². The molecule has 0 atom stereocenters. The van der Waals surface area contributed by atoms with Gasteiger partial charge in [0.15, 0.2) is 0 Å². The molecule has 0 fully saturated rings. The average Bonchev–Trinajstić information content (AvgIpc) is 2.40. The van der Waals surface area contributed by atoms with E-state index >= 15 is 0 Å². The molecule has 1 heterocycles. The second kappa shape index (κ2) is 6.15. The predicted molar refractivity (Wildman–Crippen MR) is 86.5 cm³/mol. The van der Waals surface area contributed by atoms with Crippen LogP contribution in [0.4, 0.5) is 0 Å². The first-order valence-electron chi connectivity index (χ1n) is 6.59. The first-order chi connectivity index (χ1) is 9.38. The number of hydrogen-bond donors (Lipinski definition) is 0. The van der Waals surface area contributed by atoms with Crippen molar-refractivity contribution in [1.82, 2.24) is 9.97 Å². The molecule has 0 amide bonds. The fraction of sp³-hybridized carbons (Fsp3) is 0.375. The van der Waals surface area contributed by atoms with Crippen LogP contribution >= 0.6 is 23.4 Å². The maximum Gasteiger partial charge on any atom is 0.136 e. The van der Waals surface area contributed by atoms with Gasteiger partial charge >= 0.3 is 0 Å². The van der Waals surface area contributed by atoms with Gasteiger partial charge in [0.25, 0.3) is 0 Å². The Labute approximate surface area is 130 Å². The summed E-state index contributed by atoms with van der Waals surface area (Å²) in [7, 11) is 0. The molecule has 20 heavy (non-hydrogen) atoms. The molecule has 2 aromatic rings. The van der Waals surface area contributed by atoms with Crippen LogP contribution in [0.2, 0.25) is 5.15 Å². The maximum absolute atomic E-state index is 6.24. The van der Waals surface area contributed by atoms with E-state index in [-0.39, 0.29) is 5.41 Å². The zero-order valence-corrected chi connectivity index (χ0v) is 13.8. The van der Waals surface area contributed by atoms with Gasteiger partial charge in [0.2, 0.25) is 0 Å². The lowest BCUT2D eigenvalue weighted by molar-refractivity contribution is 0.537. The van der Waals surface area contributed by atoms with Crippen molar-refractivity contribution in [2.45, 2.75) is 43.9 Å². The van der Waals surface area contributed by atoms with Crippen LogP contribution in [0.1, 0.15) is 37.7 Å². The third kappa shape index (κ3) is 3.74. The van der Waals surface area contributed by atoms with Crippen molar-refractivity contribution in [2.75, 3.05) is 0 Å². The van der Waals surface area contributed by atoms with Crippen LogP contribution in [0.5, 0.6) is 0 Å². The lowest BCUT2D eigenvalue weighted by atomic mass is 9.96. The highest BCUT2D eigenvalue weighted by molar-refractivity contribution is 7.98. The summed E-state index contributed by atoms with van der Waals surface area (Å²) in [6, 6.07) is 10.4. The standard InChI is InChI=1S/C16H19ClN2S/c1-11-13(17)18-15(16(2,3)4)19-14(11)20-10-12-8-6-5-7-9-12/h5-9H,10H2,1-4H3. The van der Waals surface area contributed by atoms with Crippen LogP contribution in [-0.2, 0) is 11.2 Å². The Kier molecular flexibility index (Phi) is 4.71. The van der Waals surface area contributed by atoms with Gasteiger partial charge in [0.05, 0.1) is 0 Å². The molecule has 0 spiro atoms. The molecule has 1 aromatic heterocycles. The molecular weight excluding hydrogens is 288 g/mol. The van der Waals surface area contributed by atoms with Gasteiger partial charge < -0.3 is 0 Å². The maximum atomic E-state index is 6.24. The summed E-state index contributed by atoms with van der Waals surface area (Å²) in [5.74, 6) is 1.68. The Balaban J connectivity index is 2.25. The van der Waals surface area contributed by atoms with Crippen LogP contribution < -0.4 is 0 Å². The van der Waals surface area contributed by atoms with E-state index in [9.17, 15) is 0 Å². The average molecular weight is 307 g/mol. The van der Waals surface area contributed by atoms with Gasteiger partial charge in [-0.2, -0.15) is 0 Å². The fourth-order valence-electron chi connectivity index (χ4n) is 1.67. The Morgan fingerprint density at radius 3 is 2.35 bits per heavy atom. The first-order valence-corrected chi connectivity index (χ1v) is 7.95. The van der Waals surface area contributed by atoms with Gasteiger partial charge in [-0.15, -0.1) is 11.8 Å². The number of benzene rings is 1. The minimum atomic E-state index is -0.0978. The molecule has 0 radical (unpaired) electrons. The highest BCUT2D eigenvalue weighted by Gasteiger charge is 2.20. The Bertz CT molecular complexity index is 591. The number of aromatic nitrogens is 2. The van der Waals surface area contributed by atoms with Gasteiger partial charge in [0, 0.05) is 16.7 Å². The van der Waals surface area contributed by atoms with E-state index in [0.717, 1.165) is 22.2 Å². The molecule has 0 aliphatic heterocycles. The zero-order chi connectivity index (χ0) is 14.8. The molecule has 0 aliphatic rings. The molecule has 0 bridgehead atoms. The molecular formula is C16H19ClN2S. The second-order valence-corrected chi connectivity index (χ2v) is 7.11. The number of hydrogen-bond acceptors (Lipinski definition) is 3. The minimum absolute atomic E-state index is 0.0978. The topological polar surface area (TPSA) is 25.8 Å². The minimum Gasteiger partial charge on any atom is -0.226 e. The van der Waals surface area contributed by atoms with Gasteiger partial charge in [-0.25, -0.2) is 9.97 Å². The predicted octanol–water partition coefficient (Wildman–Crippen LogP) is 5.03. The lowest BCUT2D eigenvalue weighted by Crippen LogP contribution is -2.17. The number of rotatable bonds is 3. The van der Waals surface area contributed by atoms with E-state index in [4.69, 9.17) is 11.6 Å². The third-order valence-electron chi connectivity index (χ3n) is 2.93. The van der Waals surface area contributed by atoms with Crippen LogP contribution in [0.15, 0.2) is 35.4 Å². The number of nitrogens with zero attached hydrogens (tertiary/aromatic N) is 2. The van der Waals surface area contributed by atoms with Crippen LogP contribution in [0.25, 0.3) is 0 Å². The summed E-state index contributed by atoms with van der Waals surface area (Å²) in [6.45, 7) is 8.26. The van der Waals surface area contributed by atoms with Crippen molar-refractivity contribution in [2.24, 2.45) is 0 Å². The van der Waals surface area contributed by atoms with Crippen molar-refractivity contribution in [3.8, 4) is 0 Å². The normalized spacial score (nSPS) is 11.7. The number of halogens is 1. The van der Waals surface area contributed by atoms with Crippen molar-refractivity contribution < 1.29 is 0 Å². The smallest absolute Gasteiger partial charge is 0.136 e. The Hall–Kier alpha value is -1.06. The Morgan fingerprint density at radius 1 is 1.10 bits per heavy atom. The molecule has 0 N–H and O–H groups in total. The van der Waals surface area contributed by atoms with E-state index < -0.39 is 0 Å². The molecule has 0 unspecified atom stereocenters. The van der Waals surface area contributed by atoms with Gasteiger partial charge in [-0.05, 0) is 12.5 Å². The SMILES string of the molecule is Cc1c(Cl)nc(C(C)(C)C)nc1SCc1ccccc1. The number of thioether (sulfide) groups is 1. The summed E-state index contributed by atoms with van der Waals surface area (Å²) in [5, 5.41) is 1.53. The van der Waals surface area contributed by atoms with Gasteiger partial charge in [0.1, 0.15) is 16.0 Å². The zero-order valence-electron chi connectivity index (χ0n) is 12.3. The largest absolute Gasteiger partial charge is 0.226 e. The summed E-state index contributed by atoms with van der Waals surface area (Å²) < 4.78 is 0. The first kappa shape index (κ1) is 15.3. The second-order valence-electron chi connectivity index (χ2n) is 5.79. The highest BCUT2D eigenvalue weighted by atomic mass is 35.5. The van der Waals surface area contributed by atoms with Gasteiger partial charge in [-0.1, -0.05) is 62.7 Å². The summed E-state index contributed by atoms with van der Waals surface area (Å²) in [5.41, 5.74) is 2.14. The lowest BCUT2D eigenvalue weighted by Gasteiger charge is -2.18. The summed E-state index contributed by atoms with van der Waals surface area (Å²) >= 11 is 7.95. The van der Waals surface area contributed by atoms with Crippen LogP contribution in [0, 0.1) is 6.92 Å². The van der Waals surface area contributed by atoms with Crippen molar-refractivity contribution >= 4 is 23.4 Å². The quantitative estimate of drug-likeness (QED) is 0.587. The van der Waals surface area contributed by atoms with E-state index in [2.05, 4.69) is 55.0 Å². The Morgan fingerprint density at radius 2 is 1.75 bits per heavy atom. The molecule has 1 aromatic carbocycles. The molecule has 106 valence electrons. The van der Waals surface area contributed by atoms with Crippen molar-refractivity contribution in [1.29, 1.82) is 0 Å². The monoisotopic (exact) mass is 306 g/mol. The fourth-order valence-corrected chi connectivity index (χ4v) is 2.86. The molecule has 0 saturated carbocycles. The molecule has 0 saturated heterocycles. The van der Waals surface area contributed by atoms with Crippen molar-refractivity contribution in [3.05, 3.63) is 52.4 Å². The third-order valence-corrected chi connectivity index (χ3v) is 4.45. The van der Waals surface area contributed by atoms with E-state index in [1.165, 1.54) is 5.56 Å². The molecule has 2 rings (SSSR count). The van der Waals surface area contributed by atoms with Gasteiger partial charge in [-0.3, -0.25) is 0 Å². The molecule has 2 nitrogen and oxygen atoms in total.